The first-order valence-corrected chi connectivity index (χ1v) is 6.16. The maximum atomic E-state index is 5.72. The Morgan fingerprint density at radius 2 is 1.80 bits per heavy atom. The van der Waals surface area contributed by atoms with Crippen LogP contribution in [0.3, 0.4) is 0 Å². The van der Waals surface area contributed by atoms with Crippen molar-refractivity contribution in [3.8, 4) is 0 Å². The van der Waals surface area contributed by atoms with E-state index >= 15 is 0 Å². The molecule has 0 heterocycles. The normalized spacial score (nSPS) is 14.3. The molecule has 0 aliphatic carbocycles. The summed E-state index contributed by atoms with van der Waals surface area (Å²) in [4.78, 5) is 0. The van der Waals surface area contributed by atoms with Crippen LogP contribution >= 0.6 is 0 Å². The van der Waals surface area contributed by atoms with Crippen LogP contribution in [0.2, 0.25) is 0 Å². The predicted molar refractivity (Wildman–Crippen MR) is 69.8 cm³/mol. The Balaban J connectivity index is 3.85. The molecule has 0 radical (unpaired) electrons. The van der Waals surface area contributed by atoms with Crippen LogP contribution in [-0.2, 0) is 0 Å². The SMILES string of the molecule is C=C(CC(C)CCC(C)(C)CN)C(C)C. The molecule has 0 fully saturated rings. The van der Waals surface area contributed by atoms with Crippen LogP contribution in [0.25, 0.3) is 0 Å². The van der Waals surface area contributed by atoms with Crippen molar-refractivity contribution in [2.45, 2.75) is 53.9 Å². The van der Waals surface area contributed by atoms with Crippen molar-refractivity contribution in [2.75, 3.05) is 6.54 Å². The van der Waals surface area contributed by atoms with Gasteiger partial charge in [0, 0.05) is 0 Å². The molecular weight excluding hydrogens is 182 g/mol. The highest BCUT2D eigenvalue weighted by atomic mass is 14.6. The van der Waals surface area contributed by atoms with Crippen LogP contribution in [0.15, 0.2) is 12.2 Å². The summed E-state index contributed by atoms with van der Waals surface area (Å²) in [7, 11) is 0. The predicted octanol–water partition coefficient (Wildman–Crippen LogP) is 3.99. The van der Waals surface area contributed by atoms with Gasteiger partial charge in [-0.05, 0) is 43.1 Å². The third-order valence-corrected chi connectivity index (χ3v) is 3.29. The molecular formula is C14H29N. The minimum Gasteiger partial charge on any atom is -0.330 e. The van der Waals surface area contributed by atoms with Gasteiger partial charge in [0.05, 0.1) is 0 Å². The highest BCUT2D eigenvalue weighted by Crippen LogP contribution is 2.27. The Kier molecular flexibility index (Phi) is 6.19. The van der Waals surface area contributed by atoms with E-state index in [0.29, 0.717) is 11.3 Å². The molecule has 0 amide bonds. The second-order valence-corrected chi connectivity index (χ2v) is 6.03. The maximum Gasteiger partial charge on any atom is -0.00258 e. The molecule has 0 aromatic rings. The smallest absolute Gasteiger partial charge is 0.00258 e. The Hall–Kier alpha value is -0.300. The molecule has 0 saturated heterocycles. The maximum absolute atomic E-state index is 5.72. The van der Waals surface area contributed by atoms with Gasteiger partial charge in [-0.1, -0.05) is 46.8 Å². The van der Waals surface area contributed by atoms with E-state index in [1.54, 1.807) is 0 Å². The lowest BCUT2D eigenvalue weighted by Gasteiger charge is -2.24. The van der Waals surface area contributed by atoms with Gasteiger partial charge in [-0.25, -0.2) is 0 Å². The number of rotatable bonds is 7. The van der Waals surface area contributed by atoms with Crippen molar-refractivity contribution in [1.29, 1.82) is 0 Å². The highest BCUT2D eigenvalue weighted by Gasteiger charge is 2.17. The van der Waals surface area contributed by atoms with Crippen molar-refractivity contribution in [2.24, 2.45) is 23.0 Å². The van der Waals surface area contributed by atoms with E-state index in [4.69, 9.17) is 5.73 Å². The zero-order valence-corrected chi connectivity index (χ0v) is 11.3. The minimum atomic E-state index is 0.299. The second-order valence-electron chi connectivity index (χ2n) is 6.03. The summed E-state index contributed by atoms with van der Waals surface area (Å²) in [5, 5.41) is 0. The van der Waals surface area contributed by atoms with Crippen LogP contribution in [-0.4, -0.2) is 6.54 Å². The molecule has 0 aliphatic rings. The largest absolute Gasteiger partial charge is 0.330 e. The lowest BCUT2D eigenvalue weighted by molar-refractivity contribution is 0.306. The average molecular weight is 211 g/mol. The molecule has 0 aromatic carbocycles. The zero-order chi connectivity index (χ0) is 12.1. The number of hydrogen-bond acceptors (Lipinski definition) is 1. The summed E-state index contributed by atoms with van der Waals surface area (Å²) in [6.45, 7) is 16.2. The molecule has 1 atom stereocenters. The standard InChI is InChI=1S/C14H29N/c1-11(2)13(4)9-12(3)7-8-14(5,6)10-15/h11-12H,4,7-10,15H2,1-3,5-6H3. The van der Waals surface area contributed by atoms with Crippen LogP contribution in [0.5, 0.6) is 0 Å². The van der Waals surface area contributed by atoms with Gasteiger partial charge in [-0.3, -0.25) is 0 Å². The minimum absolute atomic E-state index is 0.299. The third-order valence-electron chi connectivity index (χ3n) is 3.29. The Morgan fingerprint density at radius 1 is 1.27 bits per heavy atom. The van der Waals surface area contributed by atoms with E-state index in [-0.39, 0.29) is 0 Å². The van der Waals surface area contributed by atoms with E-state index in [2.05, 4.69) is 41.2 Å². The second kappa shape index (κ2) is 6.32. The van der Waals surface area contributed by atoms with E-state index < -0.39 is 0 Å². The number of allylic oxidation sites excluding steroid dienone is 1. The average Bonchev–Trinajstić information content (AvgIpc) is 2.15. The molecule has 0 rings (SSSR count). The Labute approximate surface area is 96.1 Å². The van der Waals surface area contributed by atoms with Gasteiger partial charge in [0.1, 0.15) is 0 Å². The topological polar surface area (TPSA) is 26.0 Å². The van der Waals surface area contributed by atoms with Gasteiger partial charge < -0.3 is 5.73 Å². The van der Waals surface area contributed by atoms with Crippen LogP contribution in [0.1, 0.15) is 53.9 Å². The summed E-state index contributed by atoms with van der Waals surface area (Å²) < 4.78 is 0. The van der Waals surface area contributed by atoms with Gasteiger partial charge >= 0.3 is 0 Å². The van der Waals surface area contributed by atoms with Gasteiger partial charge in [0.25, 0.3) is 0 Å². The first-order valence-electron chi connectivity index (χ1n) is 6.16. The molecule has 1 nitrogen and oxygen atoms in total. The van der Waals surface area contributed by atoms with E-state index in [9.17, 15) is 0 Å². The summed E-state index contributed by atoms with van der Waals surface area (Å²) >= 11 is 0. The van der Waals surface area contributed by atoms with Gasteiger partial charge in [0.15, 0.2) is 0 Å². The van der Waals surface area contributed by atoms with Crippen molar-refractivity contribution in [3.05, 3.63) is 12.2 Å². The fraction of sp³-hybridized carbons (Fsp3) is 0.857. The molecule has 0 aliphatic heterocycles. The monoisotopic (exact) mass is 211 g/mol. The van der Waals surface area contributed by atoms with Crippen LogP contribution in [0, 0.1) is 17.3 Å². The lowest BCUT2D eigenvalue weighted by Crippen LogP contribution is -2.24. The fourth-order valence-corrected chi connectivity index (χ4v) is 1.52. The van der Waals surface area contributed by atoms with Crippen LogP contribution in [0.4, 0.5) is 0 Å². The molecule has 90 valence electrons. The summed E-state index contributed by atoms with van der Waals surface area (Å²) in [5.74, 6) is 1.36. The third kappa shape index (κ3) is 6.72. The number of nitrogens with two attached hydrogens (primary N) is 1. The van der Waals surface area contributed by atoms with Crippen molar-refractivity contribution < 1.29 is 0 Å². The van der Waals surface area contributed by atoms with Gasteiger partial charge in [-0.15, -0.1) is 0 Å². The van der Waals surface area contributed by atoms with Crippen molar-refractivity contribution in [1.82, 2.24) is 0 Å². The van der Waals surface area contributed by atoms with Crippen LogP contribution < -0.4 is 5.73 Å². The molecule has 15 heavy (non-hydrogen) atoms. The van der Waals surface area contributed by atoms with Gasteiger partial charge in [0.2, 0.25) is 0 Å². The number of hydrogen-bond donors (Lipinski definition) is 1. The molecule has 1 heteroatoms. The van der Waals surface area contributed by atoms with E-state index in [0.717, 1.165) is 18.9 Å². The molecule has 1 unspecified atom stereocenters. The zero-order valence-electron chi connectivity index (χ0n) is 11.3. The summed E-state index contributed by atoms with van der Waals surface area (Å²) in [6, 6.07) is 0. The summed E-state index contributed by atoms with van der Waals surface area (Å²) in [5.41, 5.74) is 7.41. The fourth-order valence-electron chi connectivity index (χ4n) is 1.52. The quantitative estimate of drug-likeness (QED) is 0.633. The lowest BCUT2D eigenvalue weighted by atomic mass is 9.83. The highest BCUT2D eigenvalue weighted by molar-refractivity contribution is 4.98. The molecule has 0 bridgehead atoms. The Morgan fingerprint density at radius 3 is 2.20 bits per heavy atom. The molecule has 0 aromatic heterocycles. The first kappa shape index (κ1) is 14.7. The van der Waals surface area contributed by atoms with Crippen molar-refractivity contribution >= 4 is 0 Å². The summed E-state index contributed by atoms with van der Waals surface area (Å²) in [6.07, 6.45) is 3.64. The van der Waals surface area contributed by atoms with Gasteiger partial charge in [-0.2, -0.15) is 0 Å². The first-order chi connectivity index (χ1) is 6.78. The van der Waals surface area contributed by atoms with Crippen molar-refractivity contribution in [3.63, 3.8) is 0 Å². The Bertz CT molecular complexity index is 192. The molecule has 0 spiro atoms. The molecule has 2 N–H and O–H groups in total. The van der Waals surface area contributed by atoms with E-state index in [1.165, 1.54) is 18.4 Å². The van der Waals surface area contributed by atoms with E-state index in [1.807, 2.05) is 0 Å². The molecule has 0 saturated carbocycles.